The number of hydrogen-bond donors (Lipinski definition) is 1. The van der Waals surface area contributed by atoms with E-state index in [1.165, 1.54) is 0 Å². The maximum atomic E-state index is 9.21. The van der Waals surface area contributed by atoms with Gasteiger partial charge >= 0.3 is 0 Å². The summed E-state index contributed by atoms with van der Waals surface area (Å²) in [6.45, 7) is 3.08. The number of nitrogens with zero attached hydrogens (tertiary/aromatic N) is 1. The van der Waals surface area contributed by atoms with Crippen LogP contribution in [0.5, 0.6) is 0 Å². The largest absolute Gasteiger partial charge is 0.392 e. The number of hydrogen-bond acceptors (Lipinski definition) is 2. The van der Waals surface area contributed by atoms with Crippen LogP contribution in [-0.2, 0) is 6.61 Å². The fraction of sp³-hybridized carbons (Fsp3) is 0.455. The van der Waals surface area contributed by atoms with E-state index in [9.17, 15) is 5.11 Å². The number of anilines is 1. The summed E-state index contributed by atoms with van der Waals surface area (Å²) in [5, 5.41) is 9.84. The lowest BCUT2D eigenvalue weighted by Gasteiger charge is -2.21. The highest BCUT2D eigenvalue weighted by molar-refractivity contribution is 6.31. The molecule has 0 aliphatic rings. The van der Waals surface area contributed by atoms with Crippen molar-refractivity contribution >= 4 is 17.3 Å². The van der Waals surface area contributed by atoms with Crippen LogP contribution in [0, 0.1) is 0 Å². The highest BCUT2D eigenvalue weighted by atomic mass is 35.5. The molecule has 1 aromatic carbocycles. The van der Waals surface area contributed by atoms with Crippen molar-refractivity contribution in [2.45, 2.75) is 20.0 Å². The van der Waals surface area contributed by atoms with Gasteiger partial charge in [-0.05, 0) is 18.6 Å². The van der Waals surface area contributed by atoms with Gasteiger partial charge in [-0.2, -0.15) is 0 Å². The quantitative estimate of drug-likeness (QED) is 0.832. The number of benzene rings is 1. The number of rotatable bonds is 4. The van der Waals surface area contributed by atoms with Gasteiger partial charge < -0.3 is 10.0 Å². The first-order chi connectivity index (χ1) is 6.70. The molecule has 78 valence electrons. The topological polar surface area (TPSA) is 23.5 Å². The predicted molar refractivity (Wildman–Crippen MR) is 60.9 cm³/mol. The lowest BCUT2D eigenvalue weighted by Crippen LogP contribution is -2.19. The van der Waals surface area contributed by atoms with E-state index in [2.05, 4.69) is 11.8 Å². The van der Waals surface area contributed by atoms with Crippen LogP contribution >= 0.6 is 11.6 Å². The highest BCUT2D eigenvalue weighted by Gasteiger charge is 2.08. The molecule has 3 heteroatoms. The van der Waals surface area contributed by atoms with Crippen molar-refractivity contribution in [2.24, 2.45) is 0 Å². The van der Waals surface area contributed by atoms with Gasteiger partial charge in [0.25, 0.3) is 0 Å². The Bertz CT molecular complexity index is 301. The Morgan fingerprint density at radius 3 is 2.71 bits per heavy atom. The summed E-state index contributed by atoms with van der Waals surface area (Å²) in [5.41, 5.74) is 1.83. The Morgan fingerprint density at radius 2 is 2.14 bits per heavy atom. The van der Waals surface area contributed by atoms with Crippen LogP contribution in [-0.4, -0.2) is 18.7 Å². The van der Waals surface area contributed by atoms with E-state index in [4.69, 9.17) is 11.6 Å². The second-order valence-corrected chi connectivity index (χ2v) is 3.72. The zero-order valence-corrected chi connectivity index (χ0v) is 9.38. The fourth-order valence-electron chi connectivity index (χ4n) is 1.52. The number of aliphatic hydroxyl groups excluding tert-OH is 1. The molecule has 2 nitrogen and oxygen atoms in total. The molecule has 0 aliphatic carbocycles. The Balaban J connectivity index is 3.00. The summed E-state index contributed by atoms with van der Waals surface area (Å²) in [6.07, 6.45) is 1.08. The van der Waals surface area contributed by atoms with Crippen molar-refractivity contribution in [3.8, 4) is 0 Å². The lowest BCUT2D eigenvalue weighted by molar-refractivity contribution is 0.282. The second kappa shape index (κ2) is 5.23. The summed E-state index contributed by atoms with van der Waals surface area (Å²) in [6, 6.07) is 5.69. The van der Waals surface area contributed by atoms with E-state index >= 15 is 0 Å². The summed E-state index contributed by atoms with van der Waals surface area (Å²) >= 11 is 5.99. The molecule has 0 bridgehead atoms. The highest BCUT2D eigenvalue weighted by Crippen LogP contribution is 2.26. The molecular weight excluding hydrogens is 198 g/mol. The SMILES string of the molecule is CCCN(C)c1cccc(Cl)c1CO. The summed E-state index contributed by atoms with van der Waals surface area (Å²) < 4.78 is 0. The summed E-state index contributed by atoms with van der Waals surface area (Å²) in [5.74, 6) is 0. The average molecular weight is 214 g/mol. The van der Waals surface area contributed by atoms with E-state index in [0.29, 0.717) is 5.02 Å². The van der Waals surface area contributed by atoms with Crippen LogP contribution in [0.1, 0.15) is 18.9 Å². The van der Waals surface area contributed by atoms with Crippen molar-refractivity contribution in [3.05, 3.63) is 28.8 Å². The Kier molecular flexibility index (Phi) is 4.23. The van der Waals surface area contributed by atoms with E-state index in [0.717, 1.165) is 24.2 Å². The van der Waals surface area contributed by atoms with Crippen molar-refractivity contribution in [3.63, 3.8) is 0 Å². The monoisotopic (exact) mass is 213 g/mol. The number of halogens is 1. The zero-order valence-electron chi connectivity index (χ0n) is 8.63. The maximum absolute atomic E-state index is 9.21. The predicted octanol–water partition coefficient (Wildman–Crippen LogP) is 2.68. The van der Waals surface area contributed by atoms with Crippen LogP contribution in [0.4, 0.5) is 5.69 Å². The fourth-order valence-corrected chi connectivity index (χ4v) is 1.75. The minimum Gasteiger partial charge on any atom is -0.392 e. The molecule has 0 heterocycles. The first-order valence-corrected chi connectivity index (χ1v) is 5.17. The molecule has 1 rings (SSSR count). The minimum atomic E-state index is -0.0109. The number of aliphatic hydroxyl groups is 1. The second-order valence-electron chi connectivity index (χ2n) is 3.32. The van der Waals surface area contributed by atoms with E-state index in [-0.39, 0.29) is 6.61 Å². The van der Waals surface area contributed by atoms with Crippen molar-refractivity contribution in [1.82, 2.24) is 0 Å². The molecule has 0 atom stereocenters. The van der Waals surface area contributed by atoms with Crippen LogP contribution in [0.2, 0.25) is 5.02 Å². The molecule has 0 unspecified atom stereocenters. The van der Waals surface area contributed by atoms with Gasteiger partial charge in [0.15, 0.2) is 0 Å². The first-order valence-electron chi connectivity index (χ1n) is 4.80. The van der Waals surface area contributed by atoms with Gasteiger partial charge in [0.2, 0.25) is 0 Å². The molecule has 0 fully saturated rings. The summed E-state index contributed by atoms with van der Waals surface area (Å²) in [7, 11) is 2.01. The molecule has 0 radical (unpaired) electrons. The lowest BCUT2D eigenvalue weighted by atomic mass is 10.1. The molecule has 0 aromatic heterocycles. The van der Waals surface area contributed by atoms with Gasteiger partial charge in [-0.15, -0.1) is 0 Å². The molecular formula is C11H16ClNO. The van der Waals surface area contributed by atoms with Gasteiger partial charge in [0.05, 0.1) is 6.61 Å². The first kappa shape index (κ1) is 11.3. The molecule has 0 amide bonds. The Morgan fingerprint density at radius 1 is 1.43 bits per heavy atom. The minimum absolute atomic E-state index is 0.0109. The normalized spacial score (nSPS) is 10.3. The maximum Gasteiger partial charge on any atom is 0.0716 e. The Labute approximate surface area is 90.1 Å². The molecule has 0 spiro atoms. The standard InChI is InChI=1S/C11H16ClNO/c1-3-7-13(2)11-6-4-5-10(12)9(11)8-14/h4-6,14H,3,7-8H2,1-2H3. The van der Waals surface area contributed by atoms with Gasteiger partial charge in [-0.1, -0.05) is 24.6 Å². The van der Waals surface area contributed by atoms with Crippen molar-refractivity contribution in [2.75, 3.05) is 18.5 Å². The zero-order chi connectivity index (χ0) is 10.6. The van der Waals surface area contributed by atoms with Crippen LogP contribution in [0.25, 0.3) is 0 Å². The molecule has 0 aliphatic heterocycles. The van der Waals surface area contributed by atoms with Crippen LogP contribution in [0.3, 0.4) is 0 Å². The van der Waals surface area contributed by atoms with Crippen LogP contribution in [0.15, 0.2) is 18.2 Å². The third-order valence-electron chi connectivity index (χ3n) is 2.22. The van der Waals surface area contributed by atoms with E-state index in [1.54, 1.807) is 6.07 Å². The Hall–Kier alpha value is -0.730. The van der Waals surface area contributed by atoms with Gasteiger partial charge in [-0.25, -0.2) is 0 Å². The molecule has 14 heavy (non-hydrogen) atoms. The molecule has 1 aromatic rings. The van der Waals surface area contributed by atoms with Gasteiger partial charge in [0, 0.05) is 29.9 Å². The third-order valence-corrected chi connectivity index (χ3v) is 2.58. The molecule has 0 saturated heterocycles. The smallest absolute Gasteiger partial charge is 0.0716 e. The van der Waals surface area contributed by atoms with Crippen molar-refractivity contribution < 1.29 is 5.11 Å². The average Bonchev–Trinajstić information content (AvgIpc) is 2.17. The van der Waals surface area contributed by atoms with E-state index < -0.39 is 0 Å². The molecule has 0 saturated carbocycles. The van der Waals surface area contributed by atoms with Crippen LogP contribution < -0.4 is 4.90 Å². The molecule has 1 N–H and O–H groups in total. The van der Waals surface area contributed by atoms with Crippen molar-refractivity contribution in [1.29, 1.82) is 0 Å². The van der Waals surface area contributed by atoms with Gasteiger partial charge in [-0.3, -0.25) is 0 Å². The van der Waals surface area contributed by atoms with E-state index in [1.807, 2.05) is 19.2 Å². The van der Waals surface area contributed by atoms with Gasteiger partial charge in [0.1, 0.15) is 0 Å². The summed E-state index contributed by atoms with van der Waals surface area (Å²) in [4.78, 5) is 2.11. The third kappa shape index (κ3) is 2.40.